The van der Waals surface area contributed by atoms with Crippen LogP contribution in [0.4, 0.5) is 5.69 Å². The molecule has 0 saturated carbocycles. The highest BCUT2D eigenvalue weighted by atomic mass is 16.6. The number of rotatable bonds is 6. The maximum Gasteiger partial charge on any atom is 0.269 e. The SMILES string of the molecule is CCn1cc(-c2ccc([N+](=O)[O-])cc2)c(OCc2ccccc2)n1. The first-order valence-electron chi connectivity index (χ1n) is 7.66. The first-order valence-corrected chi connectivity index (χ1v) is 7.66. The number of aryl methyl sites for hydroxylation is 1. The Morgan fingerprint density at radius 1 is 1.12 bits per heavy atom. The van der Waals surface area contributed by atoms with E-state index in [9.17, 15) is 10.1 Å². The molecule has 0 N–H and O–H groups in total. The lowest BCUT2D eigenvalue weighted by Crippen LogP contribution is -1.98. The van der Waals surface area contributed by atoms with Crippen LogP contribution in [0.15, 0.2) is 60.8 Å². The zero-order valence-electron chi connectivity index (χ0n) is 13.3. The molecule has 2 aromatic carbocycles. The van der Waals surface area contributed by atoms with Gasteiger partial charge in [-0.05, 0) is 30.2 Å². The van der Waals surface area contributed by atoms with E-state index in [2.05, 4.69) is 5.10 Å². The van der Waals surface area contributed by atoms with Crippen molar-refractivity contribution in [2.45, 2.75) is 20.1 Å². The van der Waals surface area contributed by atoms with Crippen LogP contribution >= 0.6 is 0 Å². The van der Waals surface area contributed by atoms with Gasteiger partial charge in [0.25, 0.3) is 5.69 Å². The highest BCUT2D eigenvalue weighted by molar-refractivity contribution is 5.69. The minimum Gasteiger partial charge on any atom is -0.471 e. The molecule has 3 aromatic rings. The summed E-state index contributed by atoms with van der Waals surface area (Å²) < 4.78 is 7.66. The molecule has 0 aliphatic rings. The molecule has 1 heterocycles. The van der Waals surface area contributed by atoms with Crippen LogP contribution in [0.5, 0.6) is 5.88 Å². The Labute approximate surface area is 139 Å². The number of nitrogens with zero attached hydrogens (tertiary/aromatic N) is 3. The molecule has 0 bridgehead atoms. The van der Waals surface area contributed by atoms with E-state index in [1.165, 1.54) is 12.1 Å². The second kappa shape index (κ2) is 6.95. The Morgan fingerprint density at radius 3 is 2.46 bits per heavy atom. The summed E-state index contributed by atoms with van der Waals surface area (Å²) in [6.07, 6.45) is 1.89. The number of benzene rings is 2. The molecule has 6 heteroatoms. The van der Waals surface area contributed by atoms with Gasteiger partial charge in [0.15, 0.2) is 0 Å². The second-order valence-corrected chi connectivity index (χ2v) is 5.28. The quantitative estimate of drug-likeness (QED) is 0.507. The lowest BCUT2D eigenvalue weighted by molar-refractivity contribution is -0.384. The van der Waals surface area contributed by atoms with E-state index in [-0.39, 0.29) is 5.69 Å². The second-order valence-electron chi connectivity index (χ2n) is 5.28. The number of aromatic nitrogens is 2. The van der Waals surface area contributed by atoms with Crippen molar-refractivity contribution in [2.75, 3.05) is 0 Å². The fourth-order valence-electron chi connectivity index (χ4n) is 2.36. The number of non-ortho nitro benzene ring substituents is 1. The van der Waals surface area contributed by atoms with E-state index >= 15 is 0 Å². The monoisotopic (exact) mass is 323 g/mol. The highest BCUT2D eigenvalue weighted by Gasteiger charge is 2.14. The summed E-state index contributed by atoms with van der Waals surface area (Å²) in [6.45, 7) is 3.13. The average molecular weight is 323 g/mol. The van der Waals surface area contributed by atoms with E-state index in [4.69, 9.17) is 4.74 Å². The van der Waals surface area contributed by atoms with Gasteiger partial charge < -0.3 is 4.74 Å². The zero-order valence-corrected chi connectivity index (χ0v) is 13.3. The van der Waals surface area contributed by atoms with Gasteiger partial charge in [-0.1, -0.05) is 30.3 Å². The number of hydrogen-bond acceptors (Lipinski definition) is 4. The lowest BCUT2D eigenvalue weighted by atomic mass is 10.1. The van der Waals surface area contributed by atoms with Crippen LogP contribution in [-0.2, 0) is 13.2 Å². The third kappa shape index (κ3) is 3.43. The Hall–Kier alpha value is -3.15. The zero-order chi connectivity index (χ0) is 16.9. The summed E-state index contributed by atoms with van der Waals surface area (Å²) in [7, 11) is 0. The van der Waals surface area contributed by atoms with Gasteiger partial charge in [0.2, 0.25) is 5.88 Å². The number of nitro groups is 1. The fraction of sp³-hybridized carbons (Fsp3) is 0.167. The molecule has 0 saturated heterocycles. The third-order valence-corrected chi connectivity index (χ3v) is 3.66. The summed E-state index contributed by atoms with van der Waals surface area (Å²) in [5, 5.41) is 15.2. The molecular weight excluding hydrogens is 306 g/mol. The van der Waals surface area contributed by atoms with Gasteiger partial charge in [0, 0.05) is 24.9 Å². The van der Waals surface area contributed by atoms with Crippen LogP contribution in [0, 0.1) is 10.1 Å². The summed E-state index contributed by atoms with van der Waals surface area (Å²) in [4.78, 5) is 10.4. The molecular formula is C18H17N3O3. The van der Waals surface area contributed by atoms with Gasteiger partial charge in [0.1, 0.15) is 6.61 Å². The van der Waals surface area contributed by atoms with Crippen molar-refractivity contribution in [3.63, 3.8) is 0 Å². The van der Waals surface area contributed by atoms with Crippen molar-refractivity contribution in [3.05, 3.63) is 76.5 Å². The van der Waals surface area contributed by atoms with Gasteiger partial charge in [-0.25, -0.2) is 0 Å². The fourth-order valence-corrected chi connectivity index (χ4v) is 2.36. The van der Waals surface area contributed by atoms with Gasteiger partial charge in [0.05, 0.1) is 10.5 Å². The number of nitro benzene ring substituents is 1. The van der Waals surface area contributed by atoms with E-state index in [1.54, 1.807) is 16.8 Å². The Morgan fingerprint density at radius 2 is 1.83 bits per heavy atom. The van der Waals surface area contributed by atoms with Crippen molar-refractivity contribution in [1.29, 1.82) is 0 Å². The van der Waals surface area contributed by atoms with E-state index < -0.39 is 4.92 Å². The molecule has 0 aliphatic heterocycles. The van der Waals surface area contributed by atoms with Crippen molar-refractivity contribution in [3.8, 4) is 17.0 Å². The summed E-state index contributed by atoms with van der Waals surface area (Å²) in [5.41, 5.74) is 2.78. The molecule has 122 valence electrons. The van der Waals surface area contributed by atoms with Crippen molar-refractivity contribution < 1.29 is 9.66 Å². The molecule has 24 heavy (non-hydrogen) atoms. The number of ether oxygens (including phenoxy) is 1. The third-order valence-electron chi connectivity index (χ3n) is 3.66. The van der Waals surface area contributed by atoms with Crippen molar-refractivity contribution in [1.82, 2.24) is 9.78 Å². The van der Waals surface area contributed by atoms with Crippen molar-refractivity contribution in [2.24, 2.45) is 0 Å². The minimum atomic E-state index is -0.411. The highest BCUT2D eigenvalue weighted by Crippen LogP contribution is 2.30. The largest absolute Gasteiger partial charge is 0.471 e. The van der Waals surface area contributed by atoms with Crippen molar-refractivity contribution >= 4 is 5.69 Å². The maximum absolute atomic E-state index is 10.8. The Kier molecular flexibility index (Phi) is 4.56. The molecule has 3 rings (SSSR count). The van der Waals surface area contributed by atoms with Gasteiger partial charge >= 0.3 is 0 Å². The summed E-state index contributed by atoms with van der Waals surface area (Å²) in [5.74, 6) is 0.523. The topological polar surface area (TPSA) is 70.2 Å². The first kappa shape index (κ1) is 15.7. The molecule has 0 amide bonds. The molecule has 1 aromatic heterocycles. The molecule has 0 atom stereocenters. The molecule has 0 unspecified atom stereocenters. The van der Waals surface area contributed by atoms with E-state index in [0.717, 1.165) is 16.7 Å². The minimum absolute atomic E-state index is 0.0633. The molecule has 0 radical (unpaired) electrons. The normalized spacial score (nSPS) is 10.5. The maximum atomic E-state index is 10.8. The molecule has 0 aliphatic carbocycles. The van der Waals surface area contributed by atoms with Gasteiger partial charge in [-0.3, -0.25) is 14.8 Å². The Bertz CT molecular complexity index is 826. The lowest BCUT2D eigenvalue weighted by Gasteiger charge is -2.06. The van der Waals surface area contributed by atoms with E-state index in [1.807, 2.05) is 43.5 Å². The molecule has 6 nitrogen and oxygen atoms in total. The average Bonchev–Trinajstić information content (AvgIpc) is 3.04. The number of hydrogen-bond donors (Lipinski definition) is 0. The molecule has 0 fully saturated rings. The predicted molar refractivity (Wildman–Crippen MR) is 90.8 cm³/mol. The van der Waals surface area contributed by atoms with Gasteiger partial charge in [-0.2, -0.15) is 0 Å². The van der Waals surface area contributed by atoms with Crippen LogP contribution in [0.25, 0.3) is 11.1 Å². The predicted octanol–water partition coefficient (Wildman–Crippen LogP) is 4.06. The Balaban J connectivity index is 1.86. The van der Waals surface area contributed by atoms with Crippen LogP contribution in [0.1, 0.15) is 12.5 Å². The summed E-state index contributed by atoms with van der Waals surface area (Å²) >= 11 is 0. The van der Waals surface area contributed by atoms with Crippen LogP contribution in [-0.4, -0.2) is 14.7 Å². The van der Waals surface area contributed by atoms with Crippen LogP contribution in [0.3, 0.4) is 0 Å². The van der Waals surface area contributed by atoms with Crippen LogP contribution < -0.4 is 4.74 Å². The smallest absolute Gasteiger partial charge is 0.269 e. The summed E-state index contributed by atoms with van der Waals surface area (Å²) in [6, 6.07) is 16.2. The van der Waals surface area contributed by atoms with Gasteiger partial charge in [-0.15, -0.1) is 5.10 Å². The van der Waals surface area contributed by atoms with E-state index in [0.29, 0.717) is 19.0 Å². The molecule has 0 spiro atoms. The standard InChI is InChI=1S/C18H17N3O3/c1-2-20-12-17(15-8-10-16(11-9-15)21(22)23)18(19-20)24-13-14-6-4-3-5-7-14/h3-12H,2,13H2,1H3. The first-order chi connectivity index (χ1) is 11.7. The van der Waals surface area contributed by atoms with Crippen LogP contribution in [0.2, 0.25) is 0 Å².